The van der Waals surface area contributed by atoms with E-state index in [2.05, 4.69) is 127 Å². The monoisotopic (exact) mass is 426 g/mol. The van der Waals surface area contributed by atoms with E-state index in [0.717, 1.165) is 0 Å². The molecular weight excluding hydrogens is 404 g/mol. The maximum Gasteiger partial charge on any atom is 0.0368 e. The molecule has 1 heterocycles. The lowest BCUT2D eigenvalue weighted by molar-refractivity contribution is 0.904. The standard InChI is InChI=1S/C31H22S/c1-2-12-22(13-3-1)23-14-4-5-15-24(23)25-16-6-7-17-26(25)31-27-18-8-10-20-29(27)32-30-21-11-9-19-28(30)31/h1-21,31H. The van der Waals surface area contributed by atoms with E-state index in [1.165, 1.54) is 48.7 Å². The van der Waals surface area contributed by atoms with Gasteiger partial charge in [-0.3, -0.25) is 0 Å². The zero-order valence-electron chi connectivity index (χ0n) is 17.6. The van der Waals surface area contributed by atoms with E-state index in [4.69, 9.17) is 0 Å². The van der Waals surface area contributed by atoms with Crippen LogP contribution in [-0.4, -0.2) is 0 Å². The molecule has 5 aromatic carbocycles. The van der Waals surface area contributed by atoms with Crippen LogP contribution < -0.4 is 0 Å². The summed E-state index contributed by atoms with van der Waals surface area (Å²) in [5, 5.41) is 0. The summed E-state index contributed by atoms with van der Waals surface area (Å²) in [6, 6.07) is 46.1. The summed E-state index contributed by atoms with van der Waals surface area (Å²) < 4.78 is 0. The van der Waals surface area contributed by atoms with Crippen LogP contribution in [-0.2, 0) is 0 Å². The first kappa shape index (κ1) is 19.2. The van der Waals surface area contributed by atoms with E-state index in [0.29, 0.717) is 0 Å². The van der Waals surface area contributed by atoms with Gasteiger partial charge in [-0.25, -0.2) is 0 Å². The van der Waals surface area contributed by atoms with Crippen molar-refractivity contribution in [1.29, 1.82) is 0 Å². The molecule has 1 aliphatic rings. The van der Waals surface area contributed by atoms with Crippen LogP contribution in [0, 0.1) is 0 Å². The zero-order chi connectivity index (χ0) is 21.3. The van der Waals surface area contributed by atoms with Gasteiger partial charge in [0.15, 0.2) is 0 Å². The summed E-state index contributed by atoms with van der Waals surface area (Å²) in [6.45, 7) is 0. The van der Waals surface area contributed by atoms with Crippen LogP contribution in [0.2, 0.25) is 0 Å². The molecule has 0 atom stereocenters. The molecule has 0 nitrogen and oxygen atoms in total. The van der Waals surface area contributed by atoms with Crippen LogP contribution in [0.5, 0.6) is 0 Å². The lowest BCUT2D eigenvalue weighted by Gasteiger charge is -2.30. The summed E-state index contributed by atoms with van der Waals surface area (Å²) in [6.07, 6.45) is 0. The third kappa shape index (κ3) is 3.26. The van der Waals surface area contributed by atoms with Crippen molar-refractivity contribution < 1.29 is 0 Å². The average Bonchev–Trinajstić information content (AvgIpc) is 2.88. The number of fused-ring (bicyclic) bond motifs is 2. The zero-order valence-corrected chi connectivity index (χ0v) is 18.4. The SMILES string of the molecule is c1ccc(-c2ccccc2-c2ccccc2C2c3ccccc3Sc3ccccc32)cc1. The van der Waals surface area contributed by atoms with Gasteiger partial charge >= 0.3 is 0 Å². The van der Waals surface area contributed by atoms with Crippen molar-refractivity contribution in [1.82, 2.24) is 0 Å². The number of rotatable bonds is 3. The molecule has 0 unspecified atom stereocenters. The maximum atomic E-state index is 2.31. The predicted molar refractivity (Wildman–Crippen MR) is 135 cm³/mol. The van der Waals surface area contributed by atoms with E-state index in [9.17, 15) is 0 Å². The highest BCUT2D eigenvalue weighted by Crippen LogP contribution is 2.50. The van der Waals surface area contributed by atoms with Crippen LogP contribution in [0.3, 0.4) is 0 Å². The largest absolute Gasteiger partial charge is 0.0895 e. The van der Waals surface area contributed by atoms with Gasteiger partial charge < -0.3 is 0 Å². The Morgan fingerprint density at radius 2 is 0.844 bits per heavy atom. The van der Waals surface area contributed by atoms with Crippen molar-refractivity contribution in [3.05, 3.63) is 144 Å². The third-order valence-corrected chi connectivity index (χ3v) is 7.44. The molecule has 0 aliphatic carbocycles. The number of hydrogen-bond acceptors (Lipinski definition) is 1. The molecule has 5 aromatic rings. The summed E-state index contributed by atoms with van der Waals surface area (Å²) in [4.78, 5) is 2.70. The number of hydrogen-bond donors (Lipinski definition) is 0. The van der Waals surface area contributed by atoms with Crippen molar-refractivity contribution >= 4 is 11.8 Å². The van der Waals surface area contributed by atoms with E-state index in [-0.39, 0.29) is 5.92 Å². The Morgan fingerprint density at radius 3 is 1.50 bits per heavy atom. The normalized spacial score (nSPS) is 12.8. The second kappa shape index (κ2) is 8.18. The first-order valence-electron chi connectivity index (χ1n) is 11.0. The lowest BCUT2D eigenvalue weighted by atomic mass is 9.80. The molecule has 0 radical (unpaired) electrons. The second-order valence-electron chi connectivity index (χ2n) is 8.11. The molecule has 6 rings (SSSR count). The summed E-state index contributed by atoms with van der Waals surface area (Å²) >= 11 is 1.88. The molecule has 0 N–H and O–H groups in total. The quantitative estimate of drug-likeness (QED) is 0.273. The van der Waals surface area contributed by atoms with Gasteiger partial charge in [0.2, 0.25) is 0 Å². The molecule has 0 amide bonds. The summed E-state index contributed by atoms with van der Waals surface area (Å²) in [5.41, 5.74) is 9.24. The average molecular weight is 427 g/mol. The Morgan fingerprint density at radius 1 is 0.375 bits per heavy atom. The third-order valence-electron chi connectivity index (χ3n) is 6.25. The number of benzene rings is 5. The topological polar surface area (TPSA) is 0 Å². The Bertz CT molecular complexity index is 1360. The Balaban J connectivity index is 1.60. The fourth-order valence-corrected chi connectivity index (χ4v) is 5.96. The van der Waals surface area contributed by atoms with Crippen LogP contribution >= 0.6 is 11.8 Å². The van der Waals surface area contributed by atoms with Crippen molar-refractivity contribution in [3.8, 4) is 22.3 Å². The van der Waals surface area contributed by atoms with Gasteiger partial charge in [-0.05, 0) is 51.1 Å². The van der Waals surface area contributed by atoms with Crippen molar-refractivity contribution in [2.24, 2.45) is 0 Å². The van der Waals surface area contributed by atoms with Gasteiger partial charge in [0.25, 0.3) is 0 Å². The highest BCUT2D eigenvalue weighted by Gasteiger charge is 2.29. The minimum atomic E-state index is 0.212. The fourth-order valence-electron chi connectivity index (χ4n) is 4.83. The minimum Gasteiger partial charge on any atom is -0.0895 e. The van der Waals surface area contributed by atoms with Crippen LogP contribution in [0.4, 0.5) is 0 Å². The predicted octanol–water partition coefficient (Wildman–Crippen LogP) is 8.67. The van der Waals surface area contributed by atoms with Crippen LogP contribution in [0.15, 0.2) is 137 Å². The molecule has 1 aliphatic heterocycles. The minimum absolute atomic E-state index is 0.212. The van der Waals surface area contributed by atoms with E-state index in [1.807, 2.05) is 11.8 Å². The van der Waals surface area contributed by atoms with Crippen molar-refractivity contribution in [3.63, 3.8) is 0 Å². The van der Waals surface area contributed by atoms with E-state index in [1.54, 1.807) is 0 Å². The van der Waals surface area contributed by atoms with Gasteiger partial charge in [-0.1, -0.05) is 127 Å². The van der Waals surface area contributed by atoms with Gasteiger partial charge in [-0.15, -0.1) is 0 Å². The maximum absolute atomic E-state index is 2.31. The van der Waals surface area contributed by atoms with Gasteiger partial charge in [0.1, 0.15) is 0 Å². The fraction of sp³-hybridized carbons (Fsp3) is 0.0323. The Hall–Kier alpha value is -3.55. The summed E-state index contributed by atoms with van der Waals surface area (Å²) in [7, 11) is 0. The highest BCUT2D eigenvalue weighted by atomic mass is 32.2. The molecule has 0 aromatic heterocycles. The first-order chi connectivity index (χ1) is 15.9. The van der Waals surface area contributed by atoms with E-state index < -0.39 is 0 Å². The molecule has 0 saturated carbocycles. The molecule has 0 saturated heterocycles. The molecule has 1 heteroatoms. The van der Waals surface area contributed by atoms with Gasteiger partial charge in [-0.2, -0.15) is 0 Å². The van der Waals surface area contributed by atoms with Gasteiger partial charge in [0, 0.05) is 15.7 Å². The van der Waals surface area contributed by atoms with Crippen molar-refractivity contribution in [2.75, 3.05) is 0 Å². The highest BCUT2D eigenvalue weighted by molar-refractivity contribution is 7.99. The van der Waals surface area contributed by atoms with Crippen molar-refractivity contribution in [2.45, 2.75) is 15.7 Å². The smallest absolute Gasteiger partial charge is 0.0368 e. The van der Waals surface area contributed by atoms with Gasteiger partial charge in [0.05, 0.1) is 0 Å². The first-order valence-corrected chi connectivity index (χ1v) is 11.8. The lowest BCUT2D eigenvalue weighted by Crippen LogP contribution is -2.11. The van der Waals surface area contributed by atoms with Crippen LogP contribution in [0.1, 0.15) is 22.6 Å². The molecule has 0 spiro atoms. The molecule has 152 valence electrons. The summed E-state index contributed by atoms with van der Waals surface area (Å²) in [5.74, 6) is 0.212. The Kier molecular flexibility index (Phi) is 4.90. The second-order valence-corrected chi connectivity index (χ2v) is 9.19. The Labute approximate surface area is 193 Å². The molecule has 0 bridgehead atoms. The van der Waals surface area contributed by atoms with E-state index >= 15 is 0 Å². The molecular formula is C31H22S. The molecule has 0 fully saturated rings. The molecule has 32 heavy (non-hydrogen) atoms. The van der Waals surface area contributed by atoms with Crippen LogP contribution in [0.25, 0.3) is 22.3 Å².